The van der Waals surface area contributed by atoms with Crippen LogP contribution in [-0.4, -0.2) is 53.8 Å². The molecule has 0 unspecified atom stereocenters. The monoisotopic (exact) mass is 318 g/mol. The first-order valence-electron chi connectivity index (χ1n) is 7.34. The van der Waals surface area contributed by atoms with E-state index in [1.165, 1.54) is 25.7 Å². The van der Waals surface area contributed by atoms with E-state index in [1.54, 1.807) is 0 Å². The minimum Gasteiger partial charge on any atom is -0.340 e. The molecular weight excluding hydrogens is 292 g/mol. The molecule has 1 fully saturated rings. The smallest absolute Gasteiger partial charge is 0.222 e. The molecule has 0 aliphatic carbocycles. The minimum atomic E-state index is 0.366. The molecule has 0 aromatic heterocycles. The van der Waals surface area contributed by atoms with Crippen LogP contribution in [0, 0.1) is 0 Å². The summed E-state index contributed by atoms with van der Waals surface area (Å²) in [5.41, 5.74) is 0. The highest BCUT2D eigenvalue weighted by Gasteiger charge is 2.19. The molecule has 0 bridgehead atoms. The molecule has 1 saturated heterocycles. The van der Waals surface area contributed by atoms with Crippen LogP contribution in [0.2, 0.25) is 0 Å². The average Bonchev–Trinajstić information content (AvgIpc) is 2.39. The first-order valence-corrected chi connectivity index (χ1v) is 8.46. The van der Waals surface area contributed by atoms with Crippen LogP contribution in [0.1, 0.15) is 45.4 Å². The predicted molar refractivity (Wildman–Crippen MR) is 80.2 cm³/mol. The number of piperazine rings is 1. The number of hydrogen-bond donors (Lipinski definition) is 0. The fourth-order valence-corrected chi connectivity index (χ4v) is 2.88. The minimum absolute atomic E-state index is 0.366. The molecule has 0 aromatic carbocycles. The Hall–Kier alpha value is -0.0900. The van der Waals surface area contributed by atoms with Crippen LogP contribution in [-0.2, 0) is 4.79 Å². The first-order chi connectivity index (χ1) is 8.77. The van der Waals surface area contributed by atoms with Gasteiger partial charge in [0, 0.05) is 44.5 Å². The molecule has 3 nitrogen and oxygen atoms in total. The van der Waals surface area contributed by atoms with Crippen molar-refractivity contribution in [2.24, 2.45) is 0 Å². The molecule has 106 valence electrons. The number of carbonyl (C=O) groups is 1. The summed E-state index contributed by atoms with van der Waals surface area (Å²) < 4.78 is 0. The van der Waals surface area contributed by atoms with Crippen LogP contribution in [0.25, 0.3) is 0 Å². The molecule has 0 saturated carbocycles. The van der Waals surface area contributed by atoms with Crippen molar-refractivity contribution >= 4 is 21.8 Å². The maximum Gasteiger partial charge on any atom is 0.222 e. The fraction of sp³-hybridized carbons (Fsp3) is 0.929. The second kappa shape index (κ2) is 9.79. The number of unbranched alkanes of at least 4 members (excludes halogenated alkanes) is 4. The van der Waals surface area contributed by atoms with E-state index in [1.807, 2.05) is 4.90 Å². The number of carbonyl (C=O) groups excluding carboxylic acids is 1. The van der Waals surface area contributed by atoms with E-state index < -0.39 is 0 Å². The van der Waals surface area contributed by atoms with E-state index in [4.69, 9.17) is 0 Å². The highest BCUT2D eigenvalue weighted by atomic mass is 79.9. The van der Waals surface area contributed by atoms with Gasteiger partial charge >= 0.3 is 0 Å². The Labute approximate surface area is 120 Å². The molecule has 1 aliphatic heterocycles. The van der Waals surface area contributed by atoms with Crippen LogP contribution in [0.4, 0.5) is 0 Å². The van der Waals surface area contributed by atoms with Crippen LogP contribution in [0.15, 0.2) is 0 Å². The van der Waals surface area contributed by atoms with E-state index in [9.17, 15) is 4.79 Å². The third kappa shape index (κ3) is 6.19. The number of alkyl halides is 1. The summed E-state index contributed by atoms with van der Waals surface area (Å²) in [7, 11) is 0. The Morgan fingerprint density at radius 3 is 2.33 bits per heavy atom. The molecule has 1 heterocycles. The summed E-state index contributed by atoms with van der Waals surface area (Å²) in [6.45, 7) is 7.22. The topological polar surface area (TPSA) is 23.6 Å². The van der Waals surface area contributed by atoms with E-state index in [2.05, 4.69) is 27.8 Å². The summed E-state index contributed by atoms with van der Waals surface area (Å²) in [6.07, 6.45) is 6.89. The standard InChI is InChI=1S/C14H27BrN2O/c1-2-3-4-5-6-7-14(18)17-12-10-16(9-8-15)11-13-17/h2-13H2,1H3. The molecular formula is C14H27BrN2O. The molecule has 18 heavy (non-hydrogen) atoms. The van der Waals surface area contributed by atoms with Gasteiger partial charge in [-0.25, -0.2) is 0 Å². The number of rotatable bonds is 8. The fourth-order valence-electron chi connectivity index (χ4n) is 2.38. The van der Waals surface area contributed by atoms with E-state index in [0.29, 0.717) is 5.91 Å². The van der Waals surface area contributed by atoms with Gasteiger partial charge in [0.1, 0.15) is 0 Å². The highest BCUT2D eigenvalue weighted by molar-refractivity contribution is 9.09. The highest BCUT2D eigenvalue weighted by Crippen LogP contribution is 2.09. The van der Waals surface area contributed by atoms with Gasteiger partial charge in [-0.1, -0.05) is 48.5 Å². The van der Waals surface area contributed by atoms with E-state index in [0.717, 1.165) is 50.9 Å². The quantitative estimate of drug-likeness (QED) is 0.507. The van der Waals surface area contributed by atoms with Gasteiger partial charge in [0.25, 0.3) is 0 Å². The lowest BCUT2D eigenvalue weighted by Crippen LogP contribution is -2.49. The van der Waals surface area contributed by atoms with Gasteiger partial charge < -0.3 is 4.90 Å². The van der Waals surface area contributed by atoms with Gasteiger partial charge in [0.2, 0.25) is 5.91 Å². The SMILES string of the molecule is CCCCCCCC(=O)N1CCN(CCBr)CC1. The normalized spacial score (nSPS) is 17.1. The van der Waals surface area contributed by atoms with Crippen molar-refractivity contribution in [3.8, 4) is 0 Å². The van der Waals surface area contributed by atoms with E-state index >= 15 is 0 Å². The zero-order valence-electron chi connectivity index (χ0n) is 11.7. The van der Waals surface area contributed by atoms with Crippen molar-refractivity contribution in [3.63, 3.8) is 0 Å². The lowest BCUT2D eigenvalue weighted by molar-refractivity contribution is -0.133. The summed E-state index contributed by atoms with van der Waals surface area (Å²) in [6, 6.07) is 0. The molecule has 0 aromatic rings. The average molecular weight is 319 g/mol. The van der Waals surface area contributed by atoms with Crippen LogP contribution < -0.4 is 0 Å². The maximum atomic E-state index is 12.0. The lowest BCUT2D eigenvalue weighted by atomic mass is 10.1. The zero-order valence-corrected chi connectivity index (χ0v) is 13.3. The van der Waals surface area contributed by atoms with Gasteiger partial charge in [0.15, 0.2) is 0 Å². The van der Waals surface area contributed by atoms with Crippen molar-refractivity contribution < 1.29 is 4.79 Å². The Balaban J connectivity index is 2.08. The molecule has 4 heteroatoms. The molecule has 0 radical (unpaired) electrons. The van der Waals surface area contributed by atoms with Crippen molar-refractivity contribution in [2.75, 3.05) is 38.1 Å². The van der Waals surface area contributed by atoms with Crippen molar-refractivity contribution in [2.45, 2.75) is 45.4 Å². The summed E-state index contributed by atoms with van der Waals surface area (Å²) in [5.74, 6) is 0.366. The van der Waals surface area contributed by atoms with Gasteiger partial charge in [-0.2, -0.15) is 0 Å². The van der Waals surface area contributed by atoms with Crippen molar-refractivity contribution in [3.05, 3.63) is 0 Å². The zero-order chi connectivity index (χ0) is 13.2. The number of halogens is 1. The largest absolute Gasteiger partial charge is 0.340 e. The number of hydrogen-bond acceptors (Lipinski definition) is 2. The van der Waals surface area contributed by atoms with Crippen molar-refractivity contribution in [1.82, 2.24) is 9.80 Å². The summed E-state index contributed by atoms with van der Waals surface area (Å²) in [4.78, 5) is 16.5. The molecule has 0 N–H and O–H groups in total. The maximum absolute atomic E-state index is 12.0. The first kappa shape index (κ1) is 16.0. The predicted octanol–water partition coefficient (Wildman–Crippen LogP) is 2.89. The van der Waals surface area contributed by atoms with Gasteiger partial charge in [-0.3, -0.25) is 9.69 Å². The van der Waals surface area contributed by atoms with Crippen LogP contribution in [0.5, 0.6) is 0 Å². The third-order valence-corrected chi connectivity index (χ3v) is 3.97. The molecule has 1 amide bonds. The number of amides is 1. The van der Waals surface area contributed by atoms with Crippen LogP contribution in [0.3, 0.4) is 0 Å². The Morgan fingerprint density at radius 1 is 1.06 bits per heavy atom. The summed E-state index contributed by atoms with van der Waals surface area (Å²) >= 11 is 3.46. The molecule has 0 spiro atoms. The Kier molecular flexibility index (Phi) is 8.68. The van der Waals surface area contributed by atoms with Gasteiger partial charge in [0.05, 0.1) is 0 Å². The summed E-state index contributed by atoms with van der Waals surface area (Å²) in [5, 5.41) is 1.03. The van der Waals surface area contributed by atoms with Crippen molar-refractivity contribution in [1.29, 1.82) is 0 Å². The molecule has 1 aliphatic rings. The third-order valence-electron chi connectivity index (χ3n) is 3.62. The lowest BCUT2D eigenvalue weighted by Gasteiger charge is -2.34. The van der Waals surface area contributed by atoms with E-state index in [-0.39, 0.29) is 0 Å². The van der Waals surface area contributed by atoms with Crippen LogP contribution >= 0.6 is 15.9 Å². The Bertz CT molecular complexity index is 228. The molecule has 1 rings (SSSR count). The molecule has 0 atom stereocenters. The second-order valence-corrected chi connectivity index (χ2v) is 5.87. The number of nitrogens with zero attached hydrogens (tertiary/aromatic N) is 2. The van der Waals surface area contributed by atoms with Gasteiger partial charge in [-0.05, 0) is 6.42 Å². The van der Waals surface area contributed by atoms with Gasteiger partial charge in [-0.15, -0.1) is 0 Å². The Morgan fingerprint density at radius 2 is 1.72 bits per heavy atom. The second-order valence-electron chi connectivity index (χ2n) is 5.08.